The molecule has 4 aromatic rings. The summed E-state index contributed by atoms with van der Waals surface area (Å²) in [5.41, 5.74) is 0.733. The van der Waals surface area contributed by atoms with E-state index < -0.39 is 17.5 Å². The van der Waals surface area contributed by atoms with Gasteiger partial charge in [-0.1, -0.05) is 19.4 Å². The lowest BCUT2D eigenvalue weighted by Gasteiger charge is -2.09. The van der Waals surface area contributed by atoms with E-state index in [1.165, 1.54) is 28.2 Å². The Labute approximate surface area is 179 Å². The van der Waals surface area contributed by atoms with Gasteiger partial charge in [0.2, 0.25) is 5.95 Å². The van der Waals surface area contributed by atoms with Crippen LogP contribution >= 0.6 is 11.3 Å². The Hall–Kier alpha value is -3.66. The van der Waals surface area contributed by atoms with Crippen molar-refractivity contribution in [1.82, 2.24) is 19.7 Å². The van der Waals surface area contributed by atoms with Crippen molar-refractivity contribution in [2.75, 3.05) is 5.32 Å². The lowest BCUT2D eigenvalue weighted by Crippen LogP contribution is -2.19. The van der Waals surface area contributed by atoms with Gasteiger partial charge in [-0.2, -0.15) is 9.78 Å². The van der Waals surface area contributed by atoms with Gasteiger partial charge in [0.15, 0.2) is 11.6 Å². The number of H-pyrrole nitrogens is 1. The minimum Gasteiger partial charge on any atom is -0.306 e. The zero-order chi connectivity index (χ0) is 22.0. The second kappa shape index (κ2) is 8.60. The summed E-state index contributed by atoms with van der Waals surface area (Å²) in [5.74, 6) is -2.48. The molecule has 31 heavy (non-hydrogen) atoms. The smallest absolute Gasteiger partial charge is 0.256 e. The third-order valence-electron chi connectivity index (χ3n) is 4.40. The van der Waals surface area contributed by atoms with Gasteiger partial charge in [-0.05, 0) is 36.1 Å². The van der Waals surface area contributed by atoms with Crippen molar-refractivity contribution in [3.05, 3.63) is 81.1 Å². The fourth-order valence-corrected chi connectivity index (χ4v) is 3.66. The number of carbonyl (C=O) groups is 1. The standard InChI is InChI=1S/C21H17F2N5O2S/c1-2-4-13-10-19(29)26-21(24-13)28-18(11-16(27-28)17-5-3-8-31-17)25-20(30)12-6-7-14(22)15(23)9-12/h3,5-11H,2,4H2,1H3,(H,25,30)(H,24,26,29). The molecule has 0 aliphatic rings. The highest BCUT2D eigenvalue weighted by molar-refractivity contribution is 7.13. The first-order chi connectivity index (χ1) is 14.9. The second-order valence-electron chi connectivity index (χ2n) is 6.70. The molecule has 3 heterocycles. The highest BCUT2D eigenvalue weighted by Crippen LogP contribution is 2.27. The van der Waals surface area contributed by atoms with Crippen molar-refractivity contribution in [1.29, 1.82) is 0 Å². The lowest BCUT2D eigenvalue weighted by molar-refractivity contribution is 0.102. The average molecular weight is 441 g/mol. The number of hydrogen-bond donors (Lipinski definition) is 2. The van der Waals surface area contributed by atoms with Crippen molar-refractivity contribution in [2.24, 2.45) is 0 Å². The van der Waals surface area contributed by atoms with E-state index in [4.69, 9.17) is 0 Å². The van der Waals surface area contributed by atoms with Crippen LogP contribution in [-0.4, -0.2) is 25.7 Å². The van der Waals surface area contributed by atoms with Gasteiger partial charge in [0, 0.05) is 23.4 Å². The van der Waals surface area contributed by atoms with Crippen molar-refractivity contribution in [3.8, 4) is 16.5 Å². The van der Waals surface area contributed by atoms with E-state index in [9.17, 15) is 18.4 Å². The normalized spacial score (nSPS) is 10.9. The lowest BCUT2D eigenvalue weighted by atomic mass is 10.2. The number of rotatable bonds is 6. The molecule has 1 aromatic carbocycles. The molecule has 0 radical (unpaired) electrons. The quantitative estimate of drug-likeness (QED) is 0.470. The van der Waals surface area contributed by atoms with Crippen LogP contribution < -0.4 is 10.9 Å². The Kier molecular flexibility index (Phi) is 5.72. The van der Waals surface area contributed by atoms with Gasteiger partial charge in [-0.3, -0.25) is 14.6 Å². The first-order valence-corrected chi connectivity index (χ1v) is 10.3. The summed E-state index contributed by atoms with van der Waals surface area (Å²) in [4.78, 5) is 32.7. The zero-order valence-electron chi connectivity index (χ0n) is 16.4. The Balaban J connectivity index is 1.77. The third kappa shape index (κ3) is 4.43. The number of nitrogens with one attached hydrogen (secondary N) is 2. The fraction of sp³-hybridized carbons (Fsp3) is 0.143. The number of aromatic amines is 1. The van der Waals surface area contributed by atoms with Gasteiger partial charge >= 0.3 is 0 Å². The number of thiophene rings is 1. The topological polar surface area (TPSA) is 92.7 Å². The Bertz CT molecular complexity index is 1300. The molecule has 0 saturated heterocycles. The van der Waals surface area contributed by atoms with Gasteiger partial charge in [-0.25, -0.2) is 13.8 Å². The predicted octanol–water partition coefficient (Wildman–Crippen LogP) is 4.17. The predicted molar refractivity (Wildman–Crippen MR) is 114 cm³/mol. The number of anilines is 1. The van der Waals surface area contributed by atoms with E-state index in [1.54, 1.807) is 6.07 Å². The van der Waals surface area contributed by atoms with Crippen LogP contribution in [0.3, 0.4) is 0 Å². The number of benzene rings is 1. The van der Waals surface area contributed by atoms with Gasteiger partial charge in [0.05, 0.1) is 4.88 Å². The van der Waals surface area contributed by atoms with Crippen molar-refractivity contribution in [2.45, 2.75) is 19.8 Å². The van der Waals surface area contributed by atoms with Gasteiger partial charge in [-0.15, -0.1) is 11.3 Å². The molecule has 0 aliphatic carbocycles. The van der Waals surface area contributed by atoms with Gasteiger partial charge in [0.1, 0.15) is 11.5 Å². The van der Waals surface area contributed by atoms with Crippen molar-refractivity contribution < 1.29 is 13.6 Å². The summed E-state index contributed by atoms with van der Waals surface area (Å²) in [6, 6.07) is 9.63. The largest absolute Gasteiger partial charge is 0.306 e. The first kappa shape index (κ1) is 20.6. The van der Waals surface area contributed by atoms with E-state index in [0.717, 1.165) is 23.4 Å². The Morgan fingerprint density at radius 3 is 2.74 bits per heavy atom. The van der Waals surface area contributed by atoms with Crippen LogP contribution in [0.2, 0.25) is 0 Å². The van der Waals surface area contributed by atoms with Gasteiger partial charge < -0.3 is 5.32 Å². The molecule has 0 bridgehead atoms. The molecule has 0 atom stereocenters. The maximum absolute atomic E-state index is 13.6. The van der Waals surface area contributed by atoms with E-state index >= 15 is 0 Å². The van der Waals surface area contributed by atoms with E-state index in [-0.39, 0.29) is 22.9 Å². The van der Waals surface area contributed by atoms with E-state index in [0.29, 0.717) is 17.8 Å². The molecule has 0 spiro atoms. The molecular weight excluding hydrogens is 424 g/mol. The minimum atomic E-state index is -1.13. The molecule has 0 unspecified atom stereocenters. The van der Waals surface area contributed by atoms with Gasteiger partial charge in [0.25, 0.3) is 11.5 Å². The molecule has 0 fully saturated rings. The molecule has 4 rings (SSSR count). The molecule has 2 N–H and O–H groups in total. The van der Waals surface area contributed by atoms with E-state index in [2.05, 4.69) is 20.4 Å². The molecule has 0 aliphatic heterocycles. The van der Waals surface area contributed by atoms with Crippen LogP contribution in [0.5, 0.6) is 0 Å². The number of aryl methyl sites for hydroxylation is 1. The van der Waals surface area contributed by atoms with Crippen LogP contribution in [-0.2, 0) is 6.42 Å². The summed E-state index contributed by atoms with van der Waals surface area (Å²) >= 11 is 1.45. The summed E-state index contributed by atoms with van der Waals surface area (Å²) in [5, 5.41) is 9.01. The molecular formula is C21H17F2N5O2S. The van der Waals surface area contributed by atoms with E-state index in [1.807, 2.05) is 24.4 Å². The van der Waals surface area contributed by atoms with Crippen molar-refractivity contribution >= 4 is 23.1 Å². The SMILES string of the molecule is CCCc1cc(=O)[nH]c(-n2nc(-c3cccs3)cc2NC(=O)c2ccc(F)c(F)c2)n1. The first-order valence-electron chi connectivity index (χ1n) is 9.45. The van der Waals surface area contributed by atoms with Crippen LogP contribution in [0, 0.1) is 11.6 Å². The molecule has 1 amide bonds. The van der Waals surface area contributed by atoms with Crippen LogP contribution in [0.1, 0.15) is 29.4 Å². The van der Waals surface area contributed by atoms with Crippen LogP contribution in [0.4, 0.5) is 14.6 Å². The minimum absolute atomic E-state index is 0.0643. The summed E-state index contributed by atoms with van der Waals surface area (Å²) < 4.78 is 28.1. The Morgan fingerprint density at radius 1 is 1.19 bits per heavy atom. The summed E-state index contributed by atoms with van der Waals surface area (Å²) in [6.45, 7) is 1.97. The number of carbonyl (C=O) groups excluding carboxylic acids is 1. The fourth-order valence-electron chi connectivity index (χ4n) is 2.98. The Morgan fingerprint density at radius 2 is 2.03 bits per heavy atom. The van der Waals surface area contributed by atoms with Crippen LogP contribution in [0.25, 0.3) is 16.5 Å². The summed E-state index contributed by atoms with van der Waals surface area (Å²) in [7, 11) is 0. The average Bonchev–Trinajstić information content (AvgIpc) is 3.40. The molecule has 158 valence electrons. The zero-order valence-corrected chi connectivity index (χ0v) is 17.2. The second-order valence-corrected chi connectivity index (χ2v) is 7.64. The van der Waals surface area contributed by atoms with Crippen molar-refractivity contribution in [3.63, 3.8) is 0 Å². The molecule has 10 heteroatoms. The highest BCUT2D eigenvalue weighted by Gasteiger charge is 2.18. The number of hydrogen-bond acceptors (Lipinski definition) is 5. The number of nitrogens with zero attached hydrogens (tertiary/aromatic N) is 3. The number of halogens is 2. The molecule has 7 nitrogen and oxygen atoms in total. The monoisotopic (exact) mass is 441 g/mol. The third-order valence-corrected chi connectivity index (χ3v) is 5.29. The molecule has 3 aromatic heterocycles. The maximum atomic E-state index is 13.6. The number of aromatic nitrogens is 4. The maximum Gasteiger partial charge on any atom is 0.256 e. The molecule has 0 saturated carbocycles. The van der Waals surface area contributed by atoms with Crippen LogP contribution in [0.15, 0.2) is 52.6 Å². The number of amides is 1. The summed E-state index contributed by atoms with van der Waals surface area (Å²) in [6.07, 6.45) is 1.40. The highest BCUT2D eigenvalue weighted by atomic mass is 32.1.